The zero-order valence-electron chi connectivity index (χ0n) is 10.7. The van der Waals surface area contributed by atoms with Crippen molar-refractivity contribution in [2.75, 3.05) is 0 Å². The molecule has 0 saturated carbocycles. The maximum absolute atomic E-state index is 12.4. The summed E-state index contributed by atoms with van der Waals surface area (Å²) in [5, 5.41) is 4.03. The van der Waals surface area contributed by atoms with Gasteiger partial charge >= 0.3 is 0 Å². The normalized spacial score (nSPS) is 11.7. The van der Waals surface area contributed by atoms with Crippen molar-refractivity contribution in [1.82, 2.24) is 9.19 Å². The van der Waals surface area contributed by atoms with Crippen LogP contribution in [0.15, 0.2) is 35.2 Å². The third kappa shape index (κ3) is 2.18. The fraction of sp³-hybridized carbons (Fsp3) is 0.308. The molecule has 1 aromatic carbocycles. The molecule has 0 radical (unpaired) electrons. The lowest BCUT2D eigenvalue weighted by molar-refractivity contribution is 0.577. The lowest BCUT2D eigenvalue weighted by Gasteiger charge is -2.07. The minimum absolute atomic E-state index is 0.269. The first-order valence-corrected chi connectivity index (χ1v) is 7.27. The third-order valence-corrected chi connectivity index (χ3v) is 4.52. The van der Waals surface area contributed by atoms with E-state index in [-0.39, 0.29) is 4.90 Å². The van der Waals surface area contributed by atoms with E-state index in [1.165, 1.54) is 0 Å². The highest BCUT2D eigenvalue weighted by molar-refractivity contribution is 7.89. The van der Waals surface area contributed by atoms with E-state index in [2.05, 4.69) is 5.10 Å². The van der Waals surface area contributed by atoms with Crippen LogP contribution in [0.2, 0.25) is 0 Å². The van der Waals surface area contributed by atoms with Crippen LogP contribution < -0.4 is 0 Å². The highest BCUT2D eigenvalue weighted by Crippen LogP contribution is 2.16. The molecule has 0 spiro atoms. The van der Waals surface area contributed by atoms with Crippen LogP contribution in [-0.4, -0.2) is 17.6 Å². The Hall–Kier alpha value is -1.62. The van der Waals surface area contributed by atoms with Crippen LogP contribution in [0, 0.1) is 13.8 Å². The van der Waals surface area contributed by atoms with E-state index >= 15 is 0 Å². The fourth-order valence-corrected chi connectivity index (χ4v) is 3.20. The standard InChI is InChI=1S/C13H16N2O2S/c1-4-12-5-7-13(8-6-12)18(16,17)15-11(3)9-10(2)14-15/h5-9H,4H2,1-3H3. The van der Waals surface area contributed by atoms with Gasteiger partial charge in [-0.05, 0) is 44.0 Å². The molecule has 0 bridgehead atoms. The van der Waals surface area contributed by atoms with Gasteiger partial charge in [-0.15, -0.1) is 0 Å². The Kier molecular flexibility index (Phi) is 3.26. The number of hydrogen-bond acceptors (Lipinski definition) is 3. The van der Waals surface area contributed by atoms with Gasteiger partial charge in [-0.3, -0.25) is 0 Å². The first kappa shape index (κ1) is 12.8. The number of rotatable bonds is 3. The summed E-state index contributed by atoms with van der Waals surface area (Å²) in [7, 11) is -3.57. The average molecular weight is 264 g/mol. The smallest absolute Gasteiger partial charge is 0.199 e. The largest absolute Gasteiger partial charge is 0.283 e. The maximum atomic E-state index is 12.4. The van der Waals surface area contributed by atoms with Gasteiger partial charge in [-0.1, -0.05) is 19.1 Å². The number of benzene rings is 1. The third-order valence-electron chi connectivity index (χ3n) is 2.83. The van der Waals surface area contributed by atoms with Crippen molar-refractivity contribution in [3.05, 3.63) is 47.3 Å². The van der Waals surface area contributed by atoms with E-state index in [1.54, 1.807) is 32.0 Å². The van der Waals surface area contributed by atoms with Gasteiger partial charge in [0.2, 0.25) is 0 Å². The van der Waals surface area contributed by atoms with Gasteiger partial charge in [-0.25, -0.2) is 0 Å². The summed E-state index contributed by atoms with van der Waals surface area (Å²) in [6.45, 7) is 5.54. The summed E-state index contributed by atoms with van der Waals surface area (Å²) < 4.78 is 25.8. The second-order valence-corrected chi connectivity index (χ2v) is 6.04. The number of aromatic nitrogens is 2. The van der Waals surface area contributed by atoms with E-state index in [0.717, 1.165) is 16.1 Å². The quantitative estimate of drug-likeness (QED) is 0.854. The summed E-state index contributed by atoms with van der Waals surface area (Å²) in [4.78, 5) is 0.269. The van der Waals surface area contributed by atoms with Crippen molar-refractivity contribution in [2.45, 2.75) is 32.1 Å². The van der Waals surface area contributed by atoms with Crippen LogP contribution in [0.3, 0.4) is 0 Å². The van der Waals surface area contributed by atoms with Crippen molar-refractivity contribution in [3.63, 3.8) is 0 Å². The summed E-state index contributed by atoms with van der Waals surface area (Å²) in [6, 6.07) is 8.67. The SMILES string of the molecule is CCc1ccc(S(=O)(=O)n2nc(C)cc2C)cc1. The van der Waals surface area contributed by atoms with Crippen molar-refractivity contribution in [2.24, 2.45) is 0 Å². The van der Waals surface area contributed by atoms with Crippen molar-refractivity contribution < 1.29 is 8.42 Å². The highest BCUT2D eigenvalue weighted by atomic mass is 32.2. The summed E-state index contributed by atoms with van der Waals surface area (Å²) in [6.07, 6.45) is 0.889. The molecule has 1 heterocycles. The minimum Gasteiger partial charge on any atom is -0.199 e. The van der Waals surface area contributed by atoms with Crippen molar-refractivity contribution in [1.29, 1.82) is 0 Å². The Balaban J connectivity index is 2.51. The Morgan fingerprint density at radius 1 is 1.17 bits per heavy atom. The number of hydrogen-bond donors (Lipinski definition) is 0. The zero-order valence-corrected chi connectivity index (χ0v) is 11.5. The molecule has 0 aliphatic rings. The predicted octanol–water partition coefficient (Wildman–Crippen LogP) is 2.30. The van der Waals surface area contributed by atoms with Crippen molar-refractivity contribution in [3.8, 4) is 0 Å². The van der Waals surface area contributed by atoms with Crippen molar-refractivity contribution >= 4 is 10.0 Å². The lowest BCUT2D eigenvalue weighted by Crippen LogP contribution is -2.16. The molecule has 0 unspecified atom stereocenters. The Bertz CT molecular complexity index is 655. The molecule has 5 heteroatoms. The molecular formula is C13H16N2O2S. The second-order valence-electron chi connectivity index (χ2n) is 4.27. The van der Waals surface area contributed by atoms with Crippen LogP contribution in [-0.2, 0) is 16.4 Å². The van der Waals surface area contributed by atoms with Crippen LogP contribution in [0.25, 0.3) is 0 Å². The molecule has 0 atom stereocenters. The van der Waals surface area contributed by atoms with Crippen LogP contribution in [0.1, 0.15) is 23.9 Å². The molecule has 0 N–H and O–H groups in total. The van der Waals surface area contributed by atoms with E-state index in [4.69, 9.17) is 0 Å². The van der Waals surface area contributed by atoms with E-state index in [9.17, 15) is 8.42 Å². The second kappa shape index (κ2) is 4.57. The minimum atomic E-state index is -3.57. The van der Waals surface area contributed by atoms with Gasteiger partial charge in [0.25, 0.3) is 10.0 Å². The molecule has 18 heavy (non-hydrogen) atoms. The summed E-state index contributed by atoms with van der Waals surface area (Å²) >= 11 is 0. The lowest BCUT2D eigenvalue weighted by atomic mass is 10.2. The molecule has 2 aromatic rings. The molecule has 2 rings (SSSR count). The van der Waals surface area contributed by atoms with Gasteiger partial charge < -0.3 is 0 Å². The Morgan fingerprint density at radius 2 is 1.78 bits per heavy atom. The molecular weight excluding hydrogens is 248 g/mol. The first-order valence-electron chi connectivity index (χ1n) is 5.83. The monoisotopic (exact) mass is 264 g/mol. The van der Waals surface area contributed by atoms with Crippen LogP contribution in [0.5, 0.6) is 0 Å². The first-order chi connectivity index (χ1) is 8.45. The molecule has 0 amide bonds. The summed E-state index contributed by atoms with van der Waals surface area (Å²) in [5.74, 6) is 0. The molecule has 0 aliphatic heterocycles. The molecule has 0 fully saturated rings. The predicted molar refractivity (Wildman–Crippen MR) is 70.1 cm³/mol. The van der Waals surface area contributed by atoms with Gasteiger partial charge in [0.15, 0.2) is 0 Å². The van der Waals surface area contributed by atoms with Crippen LogP contribution in [0.4, 0.5) is 0 Å². The Morgan fingerprint density at radius 3 is 2.22 bits per heavy atom. The van der Waals surface area contributed by atoms with Gasteiger partial charge in [0.1, 0.15) is 0 Å². The highest BCUT2D eigenvalue weighted by Gasteiger charge is 2.19. The number of nitrogens with zero attached hydrogens (tertiary/aromatic N) is 2. The number of aryl methyl sites for hydroxylation is 3. The van der Waals surface area contributed by atoms with E-state index in [1.807, 2.05) is 19.1 Å². The van der Waals surface area contributed by atoms with E-state index < -0.39 is 10.0 Å². The van der Waals surface area contributed by atoms with E-state index in [0.29, 0.717) is 11.4 Å². The maximum Gasteiger partial charge on any atom is 0.283 e. The van der Waals surface area contributed by atoms with Gasteiger partial charge in [-0.2, -0.15) is 17.6 Å². The topological polar surface area (TPSA) is 52.0 Å². The van der Waals surface area contributed by atoms with Gasteiger partial charge in [0.05, 0.1) is 16.3 Å². The molecule has 96 valence electrons. The van der Waals surface area contributed by atoms with Crippen LogP contribution >= 0.6 is 0 Å². The molecule has 0 aliphatic carbocycles. The average Bonchev–Trinajstić information content (AvgIpc) is 2.69. The molecule has 4 nitrogen and oxygen atoms in total. The molecule has 1 aromatic heterocycles. The zero-order chi connectivity index (χ0) is 13.3. The summed E-state index contributed by atoms with van der Waals surface area (Å²) in [5.41, 5.74) is 2.43. The molecule has 0 saturated heterocycles. The fourth-order valence-electron chi connectivity index (χ4n) is 1.85. The van der Waals surface area contributed by atoms with Gasteiger partial charge in [0, 0.05) is 0 Å². The Labute approximate surface area is 107 Å².